The van der Waals surface area contributed by atoms with Crippen molar-refractivity contribution in [2.24, 2.45) is 0 Å². The summed E-state index contributed by atoms with van der Waals surface area (Å²) in [6, 6.07) is 4.11. The van der Waals surface area contributed by atoms with Crippen LogP contribution in [0.1, 0.15) is 56.6 Å². The number of likely N-dealkylation sites (N-methyl/N-ethyl adjacent to an activating group) is 1. The summed E-state index contributed by atoms with van der Waals surface area (Å²) in [4.78, 5) is 27.7. The van der Waals surface area contributed by atoms with E-state index in [1.165, 1.54) is 0 Å². The zero-order valence-corrected chi connectivity index (χ0v) is 16.6. The van der Waals surface area contributed by atoms with Crippen LogP contribution in [0.5, 0.6) is 0 Å². The van der Waals surface area contributed by atoms with Gasteiger partial charge in [0, 0.05) is 50.6 Å². The molecule has 2 atom stereocenters. The van der Waals surface area contributed by atoms with Crippen LogP contribution in [0.4, 0.5) is 0 Å². The normalized spacial score (nSPS) is 24.3. The molecule has 0 radical (unpaired) electrons. The van der Waals surface area contributed by atoms with Crippen LogP contribution < -0.4 is 10.6 Å². The van der Waals surface area contributed by atoms with E-state index in [-0.39, 0.29) is 29.9 Å². The maximum atomic E-state index is 12.8. The predicted octanol–water partition coefficient (Wildman–Crippen LogP) is 1.56. The van der Waals surface area contributed by atoms with E-state index < -0.39 is 0 Å². The van der Waals surface area contributed by atoms with Crippen LogP contribution in [-0.4, -0.2) is 65.7 Å². The Kier molecular flexibility index (Phi) is 6.55. The first-order valence-electron chi connectivity index (χ1n) is 10.1. The van der Waals surface area contributed by atoms with Crippen LogP contribution in [-0.2, 0) is 9.53 Å². The van der Waals surface area contributed by atoms with E-state index in [9.17, 15) is 9.59 Å². The van der Waals surface area contributed by atoms with Gasteiger partial charge in [-0.3, -0.25) is 14.5 Å². The number of carbonyl (C=O) groups is 2. The fourth-order valence-electron chi connectivity index (χ4n) is 4.23. The Balaban J connectivity index is 1.69. The first-order valence-corrected chi connectivity index (χ1v) is 10.1. The Morgan fingerprint density at radius 1 is 1.30 bits per heavy atom. The lowest BCUT2D eigenvalue weighted by atomic mass is 10.1. The third-order valence-corrected chi connectivity index (χ3v) is 5.56. The van der Waals surface area contributed by atoms with Crippen molar-refractivity contribution < 1.29 is 14.3 Å². The molecular formula is C20H32N4O3. The van der Waals surface area contributed by atoms with Crippen LogP contribution in [0.2, 0.25) is 0 Å². The van der Waals surface area contributed by atoms with E-state index in [4.69, 9.17) is 4.74 Å². The quantitative estimate of drug-likeness (QED) is 0.790. The van der Waals surface area contributed by atoms with Gasteiger partial charge in [-0.25, -0.2) is 0 Å². The monoisotopic (exact) mass is 376 g/mol. The molecule has 0 spiro atoms. The van der Waals surface area contributed by atoms with Crippen molar-refractivity contribution in [2.45, 2.75) is 64.2 Å². The Bertz CT molecular complexity index is 651. The molecule has 2 saturated heterocycles. The van der Waals surface area contributed by atoms with Crippen molar-refractivity contribution in [3.63, 3.8) is 0 Å². The van der Waals surface area contributed by atoms with E-state index in [2.05, 4.69) is 29.4 Å². The SMILES string of the molecule is CCNC(=O)[C@@H]1C[C@H](NC(=O)c2cccn2C(C)C)CN1C1CCOCC1. The highest BCUT2D eigenvalue weighted by Gasteiger charge is 2.41. The molecule has 2 aliphatic rings. The minimum Gasteiger partial charge on any atom is -0.381 e. The van der Waals surface area contributed by atoms with Gasteiger partial charge in [-0.15, -0.1) is 0 Å². The number of hydrogen-bond donors (Lipinski definition) is 2. The first kappa shape index (κ1) is 19.9. The van der Waals surface area contributed by atoms with Gasteiger partial charge in [0.05, 0.1) is 6.04 Å². The molecule has 0 unspecified atom stereocenters. The molecule has 2 aliphatic heterocycles. The highest BCUT2D eigenvalue weighted by molar-refractivity contribution is 5.93. The largest absolute Gasteiger partial charge is 0.381 e. The van der Waals surface area contributed by atoms with Gasteiger partial charge < -0.3 is 19.9 Å². The summed E-state index contributed by atoms with van der Waals surface area (Å²) in [6.07, 6.45) is 4.46. The van der Waals surface area contributed by atoms with Crippen molar-refractivity contribution in [3.05, 3.63) is 24.0 Å². The third-order valence-electron chi connectivity index (χ3n) is 5.56. The lowest BCUT2D eigenvalue weighted by Crippen LogP contribution is -2.49. The highest BCUT2D eigenvalue weighted by Crippen LogP contribution is 2.26. The summed E-state index contributed by atoms with van der Waals surface area (Å²) >= 11 is 0. The van der Waals surface area contributed by atoms with E-state index >= 15 is 0 Å². The maximum Gasteiger partial charge on any atom is 0.268 e. The van der Waals surface area contributed by atoms with Crippen LogP contribution >= 0.6 is 0 Å². The molecule has 2 amide bonds. The molecule has 2 N–H and O–H groups in total. The fourth-order valence-corrected chi connectivity index (χ4v) is 4.23. The number of nitrogens with zero attached hydrogens (tertiary/aromatic N) is 2. The minimum atomic E-state index is -0.185. The van der Waals surface area contributed by atoms with Gasteiger partial charge in [0.1, 0.15) is 5.69 Å². The Hall–Kier alpha value is -1.86. The van der Waals surface area contributed by atoms with Gasteiger partial charge in [-0.2, -0.15) is 0 Å². The summed E-state index contributed by atoms with van der Waals surface area (Å²) in [5, 5.41) is 6.11. The standard InChI is InChI=1S/C20H32N4O3/c1-4-21-19(25)18-12-15(13-24(18)16-7-10-27-11-8-16)22-20(26)17-6-5-9-23(17)14(2)3/h5-6,9,14-16,18H,4,7-8,10-13H2,1-3H3,(H,21,25)(H,22,26)/t15-,18-/m0/s1. The molecule has 2 fully saturated rings. The number of amides is 2. The van der Waals surface area contributed by atoms with Gasteiger partial charge in [-0.1, -0.05) is 0 Å². The topological polar surface area (TPSA) is 75.6 Å². The summed E-state index contributed by atoms with van der Waals surface area (Å²) < 4.78 is 7.45. The first-order chi connectivity index (χ1) is 13.0. The summed E-state index contributed by atoms with van der Waals surface area (Å²) in [5.41, 5.74) is 0.670. The summed E-state index contributed by atoms with van der Waals surface area (Å²) in [6.45, 7) is 8.86. The zero-order chi connectivity index (χ0) is 19.4. The number of carbonyl (C=O) groups excluding carboxylic acids is 2. The predicted molar refractivity (Wildman–Crippen MR) is 104 cm³/mol. The van der Waals surface area contributed by atoms with Gasteiger partial charge in [0.2, 0.25) is 5.91 Å². The molecule has 27 heavy (non-hydrogen) atoms. The van der Waals surface area contributed by atoms with Gasteiger partial charge in [-0.05, 0) is 52.2 Å². The molecule has 1 aromatic rings. The van der Waals surface area contributed by atoms with Crippen molar-refractivity contribution >= 4 is 11.8 Å². The third kappa shape index (κ3) is 4.52. The van der Waals surface area contributed by atoms with Crippen molar-refractivity contribution in [2.75, 3.05) is 26.3 Å². The molecule has 7 nitrogen and oxygen atoms in total. The van der Waals surface area contributed by atoms with E-state index in [0.29, 0.717) is 31.2 Å². The van der Waals surface area contributed by atoms with E-state index in [1.807, 2.05) is 29.8 Å². The second kappa shape index (κ2) is 8.89. The Labute approximate surface area is 161 Å². The molecule has 3 heterocycles. The number of hydrogen-bond acceptors (Lipinski definition) is 4. The number of likely N-dealkylation sites (tertiary alicyclic amines) is 1. The Morgan fingerprint density at radius 3 is 2.70 bits per heavy atom. The molecule has 150 valence electrons. The average Bonchev–Trinajstić information content (AvgIpc) is 3.30. The van der Waals surface area contributed by atoms with Crippen LogP contribution in [0.15, 0.2) is 18.3 Å². The lowest BCUT2D eigenvalue weighted by Gasteiger charge is -2.34. The highest BCUT2D eigenvalue weighted by atomic mass is 16.5. The smallest absolute Gasteiger partial charge is 0.268 e. The van der Waals surface area contributed by atoms with Crippen molar-refractivity contribution in [3.8, 4) is 0 Å². The number of nitrogens with one attached hydrogen (secondary N) is 2. The maximum absolute atomic E-state index is 12.8. The van der Waals surface area contributed by atoms with Crippen LogP contribution in [0.3, 0.4) is 0 Å². The zero-order valence-electron chi connectivity index (χ0n) is 16.6. The van der Waals surface area contributed by atoms with Crippen LogP contribution in [0.25, 0.3) is 0 Å². The average molecular weight is 377 g/mol. The molecule has 0 bridgehead atoms. The van der Waals surface area contributed by atoms with E-state index in [1.54, 1.807) is 0 Å². The number of aromatic nitrogens is 1. The van der Waals surface area contributed by atoms with Gasteiger partial charge in [0.25, 0.3) is 5.91 Å². The summed E-state index contributed by atoms with van der Waals surface area (Å²) in [7, 11) is 0. The lowest BCUT2D eigenvalue weighted by molar-refractivity contribution is -0.126. The van der Waals surface area contributed by atoms with Crippen molar-refractivity contribution in [1.82, 2.24) is 20.1 Å². The molecule has 0 saturated carbocycles. The van der Waals surface area contributed by atoms with Gasteiger partial charge >= 0.3 is 0 Å². The van der Waals surface area contributed by atoms with Crippen LogP contribution in [0, 0.1) is 0 Å². The minimum absolute atomic E-state index is 0.0246. The Morgan fingerprint density at radius 2 is 2.04 bits per heavy atom. The summed E-state index contributed by atoms with van der Waals surface area (Å²) in [5.74, 6) is -0.00604. The molecule has 0 aliphatic carbocycles. The molecule has 7 heteroatoms. The van der Waals surface area contributed by atoms with Crippen molar-refractivity contribution in [1.29, 1.82) is 0 Å². The van der Waals surface area contributed by atoms with E-state index in [0.717, 1.165) is 26.1 Å². The molecule has 3 rings (SSSR count). The number of ether oxygens (including phenoxy) is 1. The number of rotatable bonds is 6. The fraction of sp³-hybridized carbons (Fsp3) is 0.700. The second-order valence-electron chi connectivity index (χ2n) is 7.75. The molecule has 0 aromatic carbocycles. The second-order valence-corrected chi connectivity index (χ2v) is 7.75. The molecular weight excluding hydrogens is 344 g/mol. The van der Waals surface area contributed by atoms with Gasteiger partial charge in [0.15, 0.2) is 0 Å². The molecule has 1 aromatic heterocycles.